The second-order valence-electron chi connectivity index (χ2n) is 7.37. The quantitative estimate of drug-likeness (QED) is 0.399. The number of carbonyl (C=O) groups excluding carboxylic acids is 1. The monoisotopic (exact) mass is 427 g/mol. The number of pyridine rings is 1. The Morgan fingerprint density at radius 1 is 1.12 bits per heavy atom. The second kappa shape index (κ2) is 7.77. The summed E-state index contributed by atoms with van der Waals surface area (Å²) in [6.45, 7) is 1.77. The van der Waals surface area contributed by atoms with Crippen LogP contribution >= 0.6 is 0 Å². The summed E-state index contributed by atoms with van der Waals surface area (Å²) in [6, 6.07) is 12.7. The van der Waals surface area contributed by atoms with Gasteiger partial charge in [-0.1, -0.05) is 30.3 Å². The van der Waals surface area contributed by atoms with E-state index in [0.717, 1.165) is 5.56 Å². The molecule has 0 aliphatic carbocycles. The summed E-state index contributed by atoms with van der Waals surface area (Å²) in [5.74, 6) is 0.267. The van der Waals surface area contributed by atoms with Gasteiger partial charge in [-0.15, -0.1) is 5.10 Å². The van der Waals surface area contributed by atoms with Crippen molar-refractivity contribution in [2.24, 2.45) is 7.05 Å². The van der Waals surface area contributed by atoms with E-state index >= 15 is 0 Å². The molecule has 0 N–H and O–H groups in total. The minimum atomic E-state index is -0.531. The Hall–Kier alpha value is -4.27. The predicted octanol–water partition coefficient (Wildman–Crippen LogP) is 3.46. The summed E-state index contributed by atoms with van der Waals surface area (Å²) in [7, 11) is 1.68. The maximum Gasteiger partial charge on any atom is 0.186 e. The summed E-state index contributed by atoms with van der Waals surface area (Å²) in [4.78, 5) is 26.1. The first kappa shape index (κ1) is 19.7. The number of rotatable bonds is 5. The van der Waals surface area contributed by atoms with Gasteiger partial charge in [0.25, 0.3) is 0 Å². The number of aromatic nitrogens is 7. The zero-order valence-corrected chi connectivity index (χ0v) is 17.4. The number of fused-ring (bicyclic) bond motifs is 1. The fourth-order valence-corrected chi connectivity index (χ4v) is 3.61. The molecule has 0 atom stereocenters. The second-order valence-corrected chi connectivity index (χ2v) is 7.37. The van der Waals surface area contributed by atoms with Crippen LogP contribution in [0.2, 0.25) is 0 Å². The molecule has 0 radical (unpaired) electrons. The van der Waals surface area contributed by atoms with Crippen LogP contribution in [0, 0.1) is 12.7 Å². The van der Waals surface area contributed by atoms with Gasteiger partial charge in [-0.2, -0.15) is 5.10 Å². The van der Waals surface area contributed by atoms with Crippen molar-refractivity contribution in [1.29, 1.82) is 0 Å². The number of Topliss-reactive ketones (excluding diaryl/α,β-unsaturated/α-hetero) is 1. The van der Waals surface area contributed by atoms with Gasteiger partial charge in [0.05, 0.1) is 18.1 Å². The topological polar surface area (TPSA) is 90.9 Å². The number of aryl methyl sites for hydroxylation is 2. The number of hydrogen-bond donors (Lipinski definition) is 0. The van der Waals surface area contributed by atoms with Crippen LogP contribution in [-0.2, 0) is 13.5 Å². The van der Waals surface area contributed by atoms with E-state index in [1.54, 1.807) is 38.5 Å². The van der Waals surface area contributed by atoms with Crippen LogP contribution < -0.4 is 0 Å². The lowest BCUT2D eigenvalue weighted by Gasteiger charge is -2.07. The van der Waals surface area contributed by atoms with Crippen molar-refractivity contribution in [3.8, 4) is 22.6 Å². The summed E-state index contributed by atoms with van der Waals surface area (Å²) < 4.78 is 17.7. The van der Waals surface area contributed by atoms with Gasteiger partial charge in [-0.3, -0.25) is 9.48 Å². The fourth-order valence-electron chi connectivity index (χ4n) is 3.61. The zero-order valence-electron chi connectivity index (χ0n) is 17.4. The molecule has 4 heterocycles. The third-order valence-corrected chi connectivity index (χ3v) is 5.14. The van der Waals surface area contributed by atoms with Crippen molar-refractivity contribution < 1.29 is 9.18 Å². The molecule has 5 aromatic rings. The van der Waals surface area contributed by atoms with Crippen molar-refractivity contribution in [3.05, 3.63) is 84.0 Å². The molecule has 0 spiro atoms. The molecule has 0 unspecified atom stereocenters. The fraction of sp³-hybridized carbons (Fsp3) is 0.130. The largest absolute Gasteiger partial charge is 0.292 e. The molecule has 1 aromatic carbocycles. The van der Waals surface area contributed by atoms with Crippen LogP contribution in [0.15, 0.2) is 61.1 Å². The Morgan fingerprint density at radius 2 is 1.94 bits per heavy atom. The van der Waals surface area contributed by atoms with Crippen molar-refractivity contribution in [2.75, 3.05) is 0 Å². The molecule has 0 aliphatic rings. The number of carbonyl (C=O) groups is 1. The molecule has 9 heteroatoms. The van der Waals surface area contributed by atoms with E-state index in [1.165, 1.54) is 15.4 Å². The predicted molar refractivity (Wildman–Crippen MR) is 115 cm³/mol. The van der Waals surface area contributed by atoms with Gasteiger partial charge in [-0.05, 0) is 19.1 Å². The number of benzene rings is 1. The molecule has 0 amide bonds. The Balaban J connectivity index is 1.49. The molecule has 0 saturated carbocycles. The normalized spacial score (nSPS) is 11.2. The van der Waals surface area contributed by atoms with Crippen LogP contribution in [-0.4, -0.2) is 40.1 Å². The first-order chi connectivity index (χ1) is 15.5. The lowest BCUT2D eigenvalue weighted by molar-refractivity contribution is 0.0983. The Morgan fingerprint density at radius 3 is 2.72 bits per heavy atom. The van der Waals surface area contributed by atoms with Gasteiger partial charge < -0.3 is 0 Å². The average molecular weight is 427 g/mol. The lowest BCUT2D eigenvalue weighted by atomic mass is 10.0. The summed E-state index contributed by atoms with van der Waals surface area (Å²) >= 11 is 0. The third kappa shape index (κ3) is 3.53. The van der Waals surface area contributed by atoms with E-state index in [9.17, 15) is 9.18 Å². The number of ketones is 1. The Kier molecular flexibility index (Phi) is 4.78. The first-order valence-corrected chi connectivity index (χ1v) is 9.95. The molecule has 0 saturated heterocycles. The van der Waals surface area contributed by atoms with E-state index in [2.05, 4.69) is 25.1 Å². The minimum absolute atomic E-state index is 0.146. The van der Waals surface area contributed by atoms with Crippen LogP contribution in [0.3, 0.4) is 0 Å². The van der Waals surface area contributed by atoms with E-state index < -0.39 is 5.82 Å². The lowest BCUT2D eigenvalue weighted by Crippen LogP contribution is -2.12. The highest BCUT2D eigenvalue weighted by molar-refractivity contribution is 6.01. The van der Waals surface area contributed by atoms with Gasteiger partial charge >= 0.3 is 0 Å². The van der Waals surface area contributed by atoms with Crippen LogP contribution in [0.4, 0.5) is 4.39 Å². The molecular formula is C23H18FN7O. The van der Waals surface area contributed by atoms with Crippen molar-refractivity contribution in [2.45, 2.75) is 13.3 Å². The molecular weight excluding hydrogens is 409 g/mol. The molecule has 8 nitrogen and oxygen atoms in total. The molecule has 32 heavy (non-hydrogen) atoms. The molecule has 0 bridgehead atoms. The van der Waals surface area contributed by atoms with Gasteiger partial charge in [0.1, 0.15) is 17.3 Å². The maximum atomic E-state index is 14.8. The Bertz CT molecular complexity index is 1460. The van der Waals surface area contributed by atoms with Gasteiger partial charge in [0, 0.05) is 36.4 Å². The highest BCUT2D eigenvalue weighted by Crippen LogP contribution is 2.24. The molecule has 4 aromatic heterocycles. The Labute approximate surface area is 182 Å². The van der Waals surface area contributed by atoms with E-state index in [0.29, 0.717) is 34.2 Å². The van der Waals surface area contributed by atoms with Gasteiger partial charge in [0.15, 0.2) is 17.3 Å². The van der Waals surface area contributed by atoms with E-state index in [1.807, 2.05) is 30.3 Å². The first-order valence-electron chi connectivity index (χ1n) is 9.95. The zero-order chi connectivity index (χ0) is 22.2. The van der Waals surface area contributed by atoms with Crippen molar-refractivity contribution in [3.63, 3.8) is 0 Å². The van der Waals surface area contributed by atoms with Gasteiger partial charge in [-0.25, -0.2) is 23.9 Å². The standard InChI is InChI=1S/C23H18FN7O/c1-14-25-9-8-19(27-14)17-12-26-30(2)22(17)20(32)10-16-11-21-28-23(15-6-4-3-5-7-15)29-31(21)13-18(16)24/h3-9,11-13H,10H2,1-2H3. The molecule has 0 aliphatic heterocycles. The minimum Gasteiger partial charge on any atom is -0.292 e. The number of hydrogen-bond acceptors (Lipinski definition) is 6. The van der Waals surface area contributed by atoms with Crippen LogP contribution in [0.5, 0.6) is 0 Å². The molecule has 158 valence electrons. The molecule has 5 rings (SSSR count). The van der Waals surface area contributed by atoms with Crippen LogP contribution in [0.1, 0.15) is 21.9 Å². The van der Waals surface area contributed by atoms with E-state index in [-0.39, 0.29) is 17.8 Å². The highest BCUT2D eigenvalue weighted by Gasteiger charge is 2.21. The number of nitrogens with zero attached hydrogens (tertiary/aromatic N) is 7. The summed E-state index contributed by atoms with van der Waals surface area (Å²) in [6.07, 6.45) is 4.31. The van der Waals surface area contributed by atoms with Crippen LogP contribution in [0.25, 0.3) is 28.3 Å². The summed E-state index contributed by atoms with van der Waals surface area (Å²) in [5.41, 5.74) is 3.06. The number of halogens is 1. The molecule has 0 fully saturated rings. The third-order valence-electron chi connectivity index (χ3n) is 5.14. The highest BCUT2D eigenvalue weighted by atomic mass is 19.1. The average Bonchev–Trinajstić information content (AvgIpc) is 3.38. The van der Waals surface area contributed by atoms with Crippen molar-refractivity contribution in [1.82, 2.24) is 34.3 Å². The van der Waals surface area contributed by atoms with Crippen molar-refractivity contribution >= 4 is 11.4 Å². The smallest absolute Gasteiger partial charge is 0.186 e. The SMILES string of the molecule is Cc1nccc(-c2cnn(C)c2C(=O)Cc2cc3nc(-c4ccccc4)nn3cc2F)n1. The van der Waals surface area contributed by atoms with E-state index in [4.69, 9.17) is 0 Å². The summed E-state index contributed by atoms with van der Waals surface area (Å²) in [5, 5.41) is 8.55. The van der Waals surface area contributed by atoms with Gasteiger partial charge in [0.2, 0.25) is 0 Å². The maximum absolute atomic E-state index is 14.8.